The van der Waals surface area contributed by atoms with Crippen molar-refractivity contribution >= 4 is 29.6 Å². The van der Waals surface area contributed by atoms with Crippen LogP contribution in [0.5, 0.6) is 0 Å². The molecule has 1 N–H and O–H groups in total. The molecule has 10 heteroatoms. The summed E-state index contributed by atoms with van der Waals surface area (Å²) in [4.78, 5) is 54.0. The predicted molar refractivity (Wildman–Crippen MR) is 126 cm³/mol. The lowest BCUT2D eigenvalue weighted by molar-refractivity contribution is -0.181. The van der Waals surface area contributed by atoms with Crippen molar-refractivity contribution in [2.24, 2.45) is 5.92 Å². The summed E-state index contributed by atoms with van der Waals surface area (Å²) in [5, 5.41) is 12.2. The second-order valence-electron chi connectivity index (χ2n) is 8.02. The van der Waals surface area contributed by atoms with Crippen LogP contribution in [-0.2, 0) is 38.1 Å². The lowest BCUT2D eigenvalue weighted by Gasteiger charge is -2.49. The third-order valence-electron chi connectivity index (χ3n) is 6.07. The fourth-order valence-electron chi connectivity index (χ4n) is 4.44. The van der Waals surface area contributed by atoms with Gasteiger partial charge in [-0.2, -0.15) is 0 Å². The molecule has 2 aromatic rings. The maximum atomic E-state index is 13.3. The smallest absolute Gasteiger partial charge is 0.360 e. The highest BCUT2D eigenvalue weighted by Crippen LogP contribution is 2.50. The fraction of sp³-hybridized carbons (Fsp3) is 0.308. The minimum atomic E-state index is -2.83. The molecular weight excluding hydrogens is 470 g/mol. The molecule has 1 heterocycles. The maximum absolute atomic E-state index is 13.3. The Labute approximate surface area is 208 Å². The molecule has 3 atom stereocenters. The highest BCUT2D eigenvalue weighted by atomic mass is 16.6. The van der Waals surface area contributed by atoms with Crippen LogP contribution in [0.2, 0.25) is 0 Å². The number of hydrogen-bond acceptors (Lipinski definition) is 10. The van der Waals surface area contributed by atoms with Crippen LogP contribution in [0.15, 0.2) is 65.9 Å². The van der Waals surface area contributed by atoms with Gasteiger partial charge >= 0.3 is 23.9 Å². The van der Waals surface area contributed by atoms with Crippen LogP contribution in [0.3, 0.4) is 0 Å². The number of aliphatic hydroxyl groups is 1. The van der Waals surface area contributed by atoms with E-state index in [0.717, 1.165) is 38.9 Å². The summed E-state index contributed by atoms with van der Waals surface area (Å²) in [6.45, 7) is 1.81. The largest absolute Gasteiger partial charge is 0.469 e. The quantitative estimate of drug-likeness (QED) is 0.466. The Morgan fingerprint density at radius 1 is 0.806 bits per heavy atom. The van der Waals surface area contributed by atoms with Crippen molar-refractivity contribution in [3.8, 4) is 0 Å². The summed E-state index contributed by atoms with van der Waals surface area (Å²) in [5.74, 6) is -7.43. The second kappa shape index (κ2) is 10.6. The highest BCUT2D eigenvalue weighted by Gasteiger charge is 2.65. The van der Waals surface area contributed by atoms with E-state index in [2.05, 4.69) is 0 Å². The average Bonchev–Trinajstić information content (AvgIpc) is 2.91. The maximum Gasteiger partial charge on any atom is 0.360 e. The molecular formula is C26H27NO9. The van der Waals surface area contributed by atoms with Gasteiger partial charge in [-0.1, -0.05) is 48.0 Å². The second-order valence-corrected chi connectivity index (χ2v) is 8.02. The average molecular weight is 498 g/mol. The first kappa shape index (κ1) is 26.4. The lowest BCUT2D eigenvalue weighted by Crippen LogP contribution is -2.67. The number of esters is 4. The van der Waals surface area contributed by atoms with E-state index in [-0.39, 0.29) is 11.3 Å². The number of rotatable bonds is 6. The van der Waals surface area contributed by atoms with Crippen molar-refractivity contribution < 1.29 is 43.2 Å². The molecule has 36 heavy (non-hydrogen) atoms. The van der Waals surface area contributed by atoms with Crippen LogP contribution in [0.1, 0.15) is 17.0 Å². The van der Waals surface area contributed by atoms with Gasteiger partial charge in [-0.3, -0.25) is 9.69 Å². The molecule has 1 aliphatic heterocycles. The van der Waals surface area contributed by atoms with Crippen LogP contribution in [0, 0.1) is 12.8 Å². The van der Waals surface area contributed by atoms with E-state index in [4.69, 9.17) is 18.9 Å². The Bertz CT molecular complexity index is 1190. The van der Waals surface area contributed by atoms with Gasteiger partial charge in [-0.05, 0) is 24.6 Å². The van der Waals surface area contributed by atoms with Crippen molar-refractivity contribution in [1.29, 1.82) is 0 Å². The van der Waals surface area contributed by atoms with E-state index in [1.807, 2.05) is 6.92 Å². The summed E-state index contributed by atoms with van der Waals surface area (Å²) < 4.78 is 19.9. The highest BCUT2D eigenvalue weighted by molar-refractivity contribution is 6.08. The van der Waals surface area contributed by atoms with Gasteiger partial charge in [0.05, 0.1) is 34.0 Å². The van der Waals surface area contributed by atoms with Crippen LogP contribution in [0.4, 0.5) is 5.69 Å². The SMILES string of the molecule is COC(=O)C1=C(C(=O)OC)N(c2ccc(C)cc2)[C@@](O)(C(=O)OC)[C@H](C(=O)OC)C1c1ccccc1. The van der Waals surface area contributed by atoms with E-state index in [9.17, 15) is 24.3 Å². The molecule has 0 radical (unpaired) electrons. The summed E-state index contributed by atoms with van der Waals surface area (Å²) in [5.41, 5.74) is -2.36. The number of benzene rings is 2. The molecule has 0 saturated heterocycles. The van der Waals surface area contributed by atoms with Gasteiger partial charge in [0.25, 0.3) is 5.72 Å². The molecule has 1 aliphatic rings. The molecule has 2 aromatic carbocycles. The van der Waals surface area contributed by atoms with E-state index in [0.29, 0.717) is 5.56 Å². The van der Waals surface area contributed by atoms with E-state index >= 15 is 0 Å². The van der Waals surface area contributed by atoms with Crippen molar-refractivity contribution in [2.45, 2.75) is 18.6 Å². The number of nitrogens with zero attached hydrogens (tertiary/aromatic N) is 1. The lowest BCUT2D eigenvalue weighted by atomic mass is 9.70. The summed E-state index contributed by atoms with van der Waals surface area (Å²) in [7, 11) is 4.29. The number of carbonyl (C=O) groups is 4. The number of carbonyl (C=O) groups excluding carboxylic acids is 4. The van der Waals surface area contributed by atoms with E-state index < -0.39 is 47.1 Å². The molecule has 0 spiro atoms. The Morgan fingerprint density at radius 2 is 1.39 bits per heavy atom. The minimum Gasteiger partial charge on any atom is -0.469 e. The molecule has 0 aliphatic carbocycles. The first-order chi connectivity index (χ1) is 17.2. The molecule has 3 rings (SSSR count). The van der Waals surface area contributed by atoms with Gasteiger partial charge in [0, 0.05) is 11.6 Å². The zero-order chi connectivity index (χ0) is 26.6. The summed E-state index contributed by atoms with van der Waals surface area (Å²) in [6.07, 6.45) is 0. The van der Waals surface area contributed by atoms with Crippen molar-refractivity contribution in [2.75, 3.05) is 33.3 Å². The zero-order valence-electron chi connectivity index (χ0n) is 20.5. The van der Waals surface area contributed by atoms with Crippen molar-refractivity contribution in [3.05, 3.63) is 77.0 Å². The number of aryl methyl sites for hydroxylation is 1. The minimum absolute atomic E-state index is 0.107. The van der Waals surface area contributed by atoms with Crippen LogP contribution in [-0.4, -0.2) is 63.1 Å². The van der Waals surface area contributed by atoms with Gasteiger partial charge in [0.1, 0.15) is 11.6 Å². The predicted octanol–water partition coefficient (Wildman–Crippen LogP) is 1.85. The van der Waals surface area contributed by atoms with Crippen LogP contribution < -0.4 is 4.90 Å². The number of anilines is 1. The van der Waals surface area contributed by atoms with Gasteiger partial charge in [0.2, 0.25) is 0 Å². The Morgan fingerprint density at radius 3 is 1.89 bits per heavy atom. The molecule has 1 unspecified atom stereocenters. The molecule has 0 amide bonds. The third kappa shape index (κ3) is 4.31. The van der Waals surface area contributed by atoms with Crippen LogP contribution >= 0.6 is 0 Å². The van der Waals surface area contributed by atoms with Crippen molar-refractivity contribution in [1.82, 2.24) is 0 Å². The zero-order valence-corrected chi connectivity index (χ0v) is 20.5. The normalized spacial score (nSPS) is 21.4. The Balaban J connectivity index is 2.59. The topological polar surface area (TPSA) is 129 Å². The fourth-order valence-corrected chi connectivity index (χ4v) is 4.44. The molecule has 0 saturated carbocycles. The molecule has 0 bridgehead atoms. The Hall–Kier alpha value is -4.18. The number of methoxy groups -OCH3 is 4. The van der Waals surface area contributed by atoms with Crippen LogP contribution in [0.25, 0.3) is 0 Å². The Kier molecular flexibility index (Phi) is 7.79. The molecule has 190 valence electrons. The first-order valence-electron chi connectivity index (χ1n) is 10.9. The number of hydrogen-bond donors (Lipinski definition) is 1. The monoisotopic (exact) mass is 497 g/mol. The van der Waals surface area contributed by atoms with Gasteiger partial charge in [-0.15, -0.1) is 0 Å². The number of ether oxygens (including phenoxy) is 4. The van der Waals surface area contributed by atoms with Crippen molar-refractivity contribution in [3.63, 3.8) is 0 Å². The molecule has 0 aromatic heterocycles. The first-order valence-corrected chi connectivity index (χ1v) is 10.9. The summed E-state index contributed by atoms with van der Waals surface area (Å²) in [6, 6.07) is 14.5. The van der Waals surface area contributed by atoms with Gasteiger partial charge in [-0.25, -0.2) is 14.4 Å². The third-order valence-corrected chi connectivity index (χ3v) is 6.07. The van der Waals surface area contributed by atoms with Gasteiger partial charge < -0.3 is 24.1 Å². The van der Waals surface area contributed by atoms with E-state index in [1.165, 1.54) is 12.1 Å². The summed E-state index contributed by atoms with van der Waals surface area (Å²) >= 11 is 0. The molecule has 10 nitrogen and oxygen atoms in total. The molecule has 0 fully saturated rings. The van der Waals surface area contributed by atoms with Gasteiger partial charge in [0.15, 0.2) is 0 Å². The standard InChI is InChI=1S/C26H27NO9/c1-15-11-13-17(14-12-15)27-21(24(30)35-4)19(22(28)33-2)18(16-9-7-6-8-10-16)20(23(29)34-3)26(27,32)25(31)36-5/h6-14,18,20,32H,1-5H3/t18?,20-,26-/m0/s1. The van der Waals surface area contributed by atoms with E-state index in [1.54, 1.807) is 42.5 Å².